The summed E-state index contributed by atoms with van der Waals surface area (Å²) in [5.41, 5.74) is -0.795. The molecule has 16 heavy (non-hydrogen) atoms. The van der Waals surface area contributed by atoms with Crippen molar-refractivity contribution in [2.75, 3.05) is 0 Å². The summed E-state index contributed by atoms with van der Waals surface area (Å²) >= 11 is 0. The molecule has 1 heteroatoms. The lowest BCUT2D eigenvalue weighted by Crippen LogP contribution is -1.92. The van der Waals surface area contributed by atoms with Crippen LogP contribution in [0.5, 0.6) is 0 Å². The zero-order valence-corrected chi connectivity index (χ0v) is 8.06. The van der Waals surface area contributed by atoms with E-state index in [2.05, 4.69) is 0 Å². The molecule has 0 aliphatic heterocycles. The first kappa shape index (κ1) is 3.70. The van der Waals surface area contributed by atoms with Crippen molar-refractivity contribution in [3.63, 3.8) is 0 Å². The van der Waals surface area contributed by atoms with Gasteiger partial charge < -0.3 is 0 Å². The lowest BCUT2D eigenvalue weighted by atomic mass is 10.1. The molecular formula is C15H12O. The van der Waals surface area contributed by atoms with Crippen molar-refractivity contribution in [1.29, 1.82) is 0 Å². The number of allylic oxidation sites excluding steroid dienone is 1. The molecule has 2 aromatic carbocycles. The fourth-order valence-corrected chi connectivity index (χ4v) is 0.959. The lowest BCUT2D eigenvalue weighted by molar-refractivity contribution is 0.104. The Morgan fingerprint density at radius 2 is 1.50 bits per heavy atom. The number of carbonyl (C=O) groups is 1. The van der Waals surface area contributed by atoms with E-state index in [4.69, 9.17) is 13.7 Å². The summed E-state index contributed by atoms with van der Waals surface area (Å²) < 4.78 is 76.3. The average Bonchev–Trinajstić information content (AvgIpc) is 2.61. The highest BCUT2D eigenvalue weighted by atomic mass is 16.1. The summed E-state index contributed by atoms with van der Waals surface area (Å²) in [6.07, 6.45) is 1.80. The molecule has 0 amide bonds. The van der Waals surface area contributed by atoms with Gasteiger partial charge in [-0.3, -0.25) is 4.79 Å². The molecule has 0 heterocycles. The van der Waals surface area contributed by atoms with Crippen LogP contribution in [0, 0.1) is 0 Å². The molecule has 2 rings (SSSR count). The summed E-state index contributed by atoms with van der Waals surface area (Å²) in [6, 6.07) is -6.04. The molecule has 0 spiro atoms. The van der Waals surface area contributed by atoms with Crippen LogP contribution >= 0.6 is 0 Å². The van der Waals surface area contributed by atoms with Gasteiger partial charge in [0.25, 0.3) is 0 Å². The van der Waals surface area contributed by atoms with Gasteiger partial charge in [0.1, 0.15) is 0 Å². The van der Waals surface area contributed by atoms with E-state index >= 15 is 0 Å². The Labute approximate surface area is 109 Å². The van der Waals surface area contributed by atoms with Crippen LogP contribution in [0.15, 0.2) is 66.5 Å². The number of rotatable bonds is 3. The van der Waals surface area contributed by atoms with Crippen molar-refractivity contribution in [3.05, 3.63) is 77.6 Å². The normalized spacial score (nSPS) is 19.2. The first-order valence-corrected chi connectivity index (χ1v) is 4.36. The first-order valence-electron chi connectivity index (χ1n) is 9.36. The van der Waals surface area contributed by atoms with E-state index in [-0.39, 0.29) is 5.56 Å². The van der Waals surface area contributed by atoms with Crippen molar-refractivity contribution < 1.29 is 18.5 Å². The molecule has 0 atom stereocenters. The quantitative estimate of drug-likeness (QED) is 0.568. The van der Waals surface area contributed by atoms with Crippen LogP contribution in [0.4, 0.5) is 0 Å². The number of benzene rings is 2. The van der Waals surface area contributed by atoms with Crippen molar-refractivity contribution in [3.8, 4) is 0 Å². The summed E-state index contributed by atoms with van der Waals surface area (Å²) in [7, 11) is 0. The zero-order chi connectivity index (χ0) is 19.9. The molecule has 0 N–H and O–H groups in total. The van der Waals surface area contributed by atoms with Crippen LogP contribution in [0.2, 0.25) is 0 Å². The van der Waals surface area contributed by atoms with Gasteiger partial charge in [-0.15, -0.1) is 0 Å². The van der Waals surface area contributed by atoms with Gasteiger partial charge in [0, 0.05) is 5.56 Å². The second-order valence-electron chi connectivity index (χ2n) is 2.74. The summed E-state index contributed by atoms with van der Waals surface area (Å²) in [6.45, 7) is 0. The Morgan fingerprint density at radius 1 is 0.938 bits per heavy atom. The Kier molecular flexibility index (Phi) is 1.18. The van der Waals surface area contributed by atoms with Crippen LogP contribution in [0.3, 0.4) is 0 Å². The van der Waals surface area contributed by atoms with Crippen molar-refractivity contribution in [2.45, 2.75) is 0 Å². The first-order chi connectivity index (χ1) is 12.0. The van der Waals surface area contributed by atoms with E-state index in [1.165, 1.54) is 0 Å². The van der Waals surface area contributed by atoms with Gasteiger partial charge in [-0.05, 0) is 11.6 Å². The third-order valence-corrected chi connectivity index (χ3v) is 1.67. The van der Waals surface area contributed by atoms with Crippen LogP contribution in [-0.4, -0.2) is 5.78 Å². The Morgan fingerprint density at radius 3 is 2.12 bits per heavy atom. The molecule has 0 aliphatic carbocycles. The number of hydrogen-bond donors (Lipinski definition) is 0. The van der Waals surface area contributed by atoms with Crippen LogP contribution in [0.25, 0.3) is 6.08 Å². The van der Waals surface area contributed by atoms with Crippen molar-refractivity contribution in [2.24, 2.45) is 0 Å². The molecule has 0 radical (unpaired) electrons. The van der Waals surface area contributed by atoms with Crippen molar-refractivity contribution >= 4 is 11.9 Å². The third-order valence-electron chi connectivity index (χ3n) is 1.67. The maximum Gasteiger partial charge on any atom is 0.185 e. The largest absolute Gasteiger partial charge is 0.289 e. The molecule has 0 aromatic heterocycles. The van der Waals surface area contributed by atoms with Gasteiger partial charge in [0.05, 0.1) is 13.7 Å². The predicted molar refractivity (Wildman–Crippen MR) is 66.2 cm³/mol. The molecule has 0 saturated carbocycles. The maximum atomic E-state index is 12.3. The van der Waals surface area contributed by atoms with Gasteiger partial charge in [-0.25, -0.2) is 0 Å². The fraction of sp³-hybridized carbons (Fsp3) is 0. The number of hydrogen-bond acceptors (Lipinski definition) is 1. The van der Waals surface area contributed by atoms with E-state index < -0.39 is 71.8 Å². The Hall–Kier alpha value is -2.15. The van der Waals surface area contributed by atoms with Crippen molar-refractivity contribution in [1.82, 2.24) is 0 Å². The molecule has 0 saturated heterocycles. The highest BCUT2D eigenvalue weighted by Gasteiger charge is 1.98. The molecule has 0 bridgehead atoms. The molecule has 1 nitrogen and oxygen atoms in total. The second-order valence-corrected chi connectivity index (χ2v) is 2.74. The maximum absolute atomic E-state index is 12.3. The number of carbonyl (C=O) groups excluding carboxylic acids is 1. The minimum Gasteiger partial charge on any atom is -0.289 e. The van der Waals surface area contributed by atoms with E-state index in [0.29, 0.717) is 0 Å². The van der Waals surface area contributed by atoms with E-state index in [1.54, 1.807) is 0 Å². The minimum absolute atomic E-state index is 0.239. The average molecular weight is 218 g/mol. The standard InChI is InChI=1S/C15H12O/c16-15(14-9-5-2-6-10-14)12-11-13-7-3-1-4-8-13/h1-12H/b12-11+/i1D,2D,3D,4D,5D,6D,7D,8D,9D,10D. The van der Waals surface area contributed by atoms with Crippen LogP contribution in [-0.2, 0) is 0 Å². The van der Waals surface area contributed by atoms with Gasteiger partial charge in [0.2, 0.25) is 0 Å². The summed E-state index contributed by atoms with van der Waals surface area (Å²) in [5.74, 6) is -0.936. The summed E-state index contributed by atoms with van der Waals surface area (Å²) in [5, 5.41) is 0. The monoisotopic (exact) mass is 218 g/mol. The summed E-state index contributed by atoms with van der Waals surface area (Å²) in [4.78, 5) is 12.3. The highest BCUT2D eigenvalue weighted by Crippen LogP contribution is 2.05. The second kappa shape index (κ2) is 5.08. The molecule has 0 aliphatic rings. The molecule has 0 fully saturated rings. The zero-order valence-electron chi connectivity index (χ0n) is 18.1. The highest BCUT2D eigenvalue weighted by molar-refractivity contribution is 6.06. The third kappa shape index (κ3) is 2.67. The van der Waals surface area contributed by atoms with Gasteiger partial charge in [0.15, 0.2) is 5.78 Å². The smallest absolute Gasteiger partial charge is 0.185 e. The molecule has 78 valence electrons. The Bertz CT molecular complexity index is 906. The SMILES string of the molecule is [2H]c1c([2H])c([2H])c(/C=C/C(=O)c2c([2H])c([2H])c([2H])c([2H])c2[2H])c([2H])c1[2H]. The number of ketones is 1. The Balaban J connectivity index is 2.57. The van der Waals surface area contributed by atoms with Gasteiger partial charge >= 0.3 is 0 Å². The van der Waals surface area contributed by atoms with Crippen LogP contribution in [0.1, 0.15) is 29.6 Å². The predicted octanol–water partition coefficient (Wildman–Crippen LogP) is 3.58. The lowest BCUT2D eigenvalue weighted by Gasteiger charge is -1.94. The fourth-order valence-electron chi connectivity index (χ4n) is 0.959. The van der Waals surface area contributed by atoms with E-state index in [0.717, 1.165) is 12.2 Å². The van der Waals surface area contributed by atoms with E-state index in [9.17, 15) is 4.79 Å². The van der Waals surface area contributed by atoms with E-state index in [1.807, 2.05) is 0 Å². The van der Waals surface area contributed by atoms with Gasteiger partial charge in [-0.2, -0.15) is 0 Å². The molecule has 2 aromatic rings. The minimum atomic E-state index is -0.936. The van der Waals surface area contributed by atoms with Crippen LogP contribution < -0.4 is 0 Å². The molecular weight excluding hydrogens is 196 g/mol. The van der Waals surface area contributed by atoms with Gasteiger partial charge in [-0.1, -0.05) is 66.5 Å². The molecule has 0 unspecified atom stereocenters. The topological polar surface area (TPSA) is 17.1 Å².